The van der Waals surface area contributed by atoms with Gasteiger partial charge in [0.1, 0.15) is 12.2 Å². The van der Waals surface area contributed by atoms with E-state index in [1.54, 1.807) is 0 Å². The van der Waals surface area contributed by atoms with Crippen LogP contribution in [0.5, 0.6) is 0 Å². The Morgan fingerprint density at radius 2 is 2.08 bits per heavy atom. The second-order valence-corrected chi connectivity index (χ2v) is 2.96. The van der Waals surface area contributed by atoms with Crippen LogP contribution in [0, 0.1) is 12.3 Å². The van der Waals surface area contributed by atoms with Gasteiger partial charge in [0, 0.05) is 0 Å². The third kappa shape index (κ3) is 1.99. The van der Waals surface area contributed by atoms with Gasteiger partial charge < -0.3 is 4.74 Å². The predicted molar refractivity (Wildman–Crippen MR) is 53.0 cm³/mol. The number of ether oxygens (including phenoxy) is 1. The molecule has 0 bridgehead atoms. The average Bonchev–Trinajstić information content (AvgIpc) is 2.95. The minimum Gasteiger partial charge on any atom is -0.351 e. The molecule has 1 fully saturated rings. The third-order valence-electron chi connectivity index (χ3n) is 1.97. The number of hydrogen-bond acceptors (Lipinski definition) is 1. The molecule has 1 aliphatic rings. The van der Waals surface area contributed by atoms with Crippen molar-refractivity contribution in [1.82, 2.24) is 0 Å². The number of rotatable bonds is 2. The minimum absolute atomic E-state index is 0.0000350. The summed E-state index contributed by atoms with van der Waals surface area (Å²) in [5.41, 5.74) is 1.17. The highest BCUT2D eigenvalue weighted by molar-refractivity contribution is 5.50. The summed E-state index contributed by atoms with van der Waals surface area (Å²) in [4.78, 5) is 0. The topological polar surface area (TPSA) is 12.5 Å². The molecular formula is C12H10O. The van der Waals surface area contributed by atoms with Gasteiger partial charge in [-0.15, -0.1) is 6.42 Å². The molecule has 13 heavy (non-hydrogen) atoms. The monoisotopic (exact) mass is 170 g/mol. The molecule has 0 unspecified atom stereocenters. The molecule has 1 heteroatoms. The zero-order chi connectivity index (χ0) is 9.10. The fraction of sp³-hybridized carbons (Fsp3) is 0.167. The maximum atomic E-state index is 5.18. The Bertz CT molecular complexity index is 345. The molecule has 1 saturated heterocycles. The molecular weight excluding hydrogens is 160 g/mol. The van der Waals surface area contributed by atoms with Gasteiger partial charge >= 0.3 is 0 Å². The lowest BCUT2D eigenvalue weighted by Crippen LogP contribution is -1.83. The van der Waals surface area contributed by atoms with Gasteiger partial charge in [-0.3, -0.25) is 0 Å². The summed E-state index contributed by atoms with van der Waals surface area (Å²) >= 11 is 0. The summed E-state index contributed by atoms with van der Waals surface area (Å²) in [7, 11) is 0. The van der Waals surface area contributed by atoms with Crippen molar-refractivity contribution in [2.24, 2.45) is 0 Å². The Labute approximate surface area is 78.0 Å². The normalized spacial score (nSPS) is 25.8. The summed E-state index contributed by atoms with van der Waals surface area (Å²) < 4.78 is 5.16. The van der Waals surface area contributed by atoms with Crippen molar-refractivity contribution in [3.05, 3.63) is 42.0 Å². The summed E-state index contributed by atoms with van der Waals surface area (Å²) in [6.45, 7) is 0. The molecule has 1 nitrogen and oxygen atoms in total. The van der Waals surface area contributed by atoms with Gasteiger partial charge in [0.2, 0.25) is 0 Å². The first-order valence-electron chi connectivity index (χ1n) is 4.25. The van der Waals surface area contributed by atoms with E-state index in [1.165, 1.54) is 5.56 Å². The largest absolute Gasteiger partial charge is 0.351 e. The van der Waals surface area contributed by atoms with Crippen LogP contribution in [0.25, 0.3) is 6.08 Å². The quantitative estimate of drug-likeness (QED) is 0.489. The molecule has 0 spiro atoms. The van der Waals surface area contributed by atoms with Crippen LogP contribution in [0.2, 0.25) is 0 Å². The number of benzene rings is 1. The minimum atomic E-state index is -0.0000350. The maximum absolute atomic E-state index is 5.18. The van der Waals surface area contributed by atoms with Gasteiger partial charge in [-0.05, 0) is 5.56 Å². The van der Waals surface area contributed by atoms with E-state index >= 15 is 0 Å². The van der Waals surface area contributed by atoms with E-state index in [9.17, 15) is 0 Å². The predicted octanol–water partition coefficient (Wildman–Crippen LogP) is 2.10. The van der Waals surface area contributed by atoms with Crippen molar-refractivity contribution >= 4 is 6.08 Å². The van der Waals surface area contributed by atoms with Crippen LogP contribution in [0.3, 0.4) is 0 Å². The van der Waals surface area contributed by atoms with Gasteiger partial charge in [-0.25, -0.2) is 0 Å². The first-order valence-corrected chi connectivity index (χ1v) is 4.25. The molecule has 0 N–H and O–H groups in total. The summed E-state index contributed by atoms with van der Waals surface area (Å²) in [6, 6.07) is 10.1. The third-order valence-corrected chi connectivity index (χ3v) is 1.97. The van der Waals surface area contributed by atoms with Crippen LogP contribution in [-0.2, 0) is 4.74 Å². The highest BCUT2D eigenvalue weighted by Crippen LogP contribution is 2.22. The van der Waals surface area contributed by atoms with Gasteiger partial charge in [-0.2, -0.15) is 0 Å². The zero-order valence-corrected chi connectivity index (χ0v) is 7.18. The average molecular weight is 170 g/mol. The van der Waals surface area contributed by atoms with Gasteiger partial charge in [0.15, 0.2) is 0 Å². The number of terminal acetylenes is 1. The molecule has 0 amide bonds. The molecule has 0 saturated carbocycles. The highest BCUT2D eigenvalue weighted by Gasteiger charge is 2.34. The van der Waals surface area contributed by atoms with E-state index in [4.69, 9.17) is 11.2 Å². The van der Waals surface area contributed by atoms with Crippen LogP contribution in [0.15, 0.2) is 36.4 Å². The maximum Gasteiger partial charge on any atom is 0.148 e. The molecule has 0 radical (unpaired) electrons. The van der Waals surface area contributed by atoms with Crippen LogP contribution in [0.1, 0.15) is 5.56 Å². The molecule has 1 aromatic carbocycles. The van der Waals surface area contributed by atoms with E-state index in [0.717, 1.165) is 0 Å². The van der Waals surface area contributed by atoms with Crippen molar-refractivity contribution in [2.45, 2.75) is 12.2 Å². The van der Waals surface area contributed by atoms with Gasteiger partial charge in [-0.1, -0.05) is 48.4 Å². The van der Waals surface area contributed by atoms with Crippen molar-refractivity contribution in [3.8, 4) is 12.3 Å². The lowest BCUT2D eigenvalue weighted by Gasteiger charge is -1.88. The van der Waals surface area contributed by atoms with Gasteiger partial charge in [0.05, 0.1) is 0 Å². The Balaban J connectivity index is 1.97. The summed E-state index contributed by atoms with van der Waals surface area (Å²) in [5.74, 6) is 2.55. The highest BCUT2D eigenvalue weighted by atomic mass is 16.6. The van der Waals surface area contributed by atoms with Gasteiger partial charge in [0.25, 0.3) is 0 Å². The van der Waals surface area contributed by atoms with Crippen molar-refractivity contribution < 1.29 is 4.74 Å². The van der Waals surface area contributed by atoms with E-state index in [0.29, 0.717) is 0 Å². The molecule has 2 rings (SSSR count). The molecule has 1 aliphatic heterocycles. The van der Waals surface area contributed by atoms with E-state index in [1.807, 2.05) is 42.5 Å². The van der Waals surface area contributed by atoms with Crippen molar-refractivity contribution in [3.63, 3.8) is 0 Å². The Morgan fingerprint density at radius 1 is 1.31 bits per heavy atom. The molecule has 64 valence electrons. The zero-order valence-electron chi connectivity index (χ0n) is 7.18. The van der Waals surface area contributed by atoms with Crippen LogP contribution >= 0.6 is 0 Å². The summed E-state index contributed by atoms with van der Waals surface area (Å²) in [5, 5.41) is 0. The fourth-order valence-corrected chi connectivity index (χ4v) is 1.17. The first-order chi connectivity index (χ1) is 6.40. The Morgan fingerprint density at radius 3 is 2.69 bits per heavy atom. The number of epoxide rings is 1. The first kappa shape index (κ1) is 8.10. The van der Waals surface area contributed by atoms with E-state index in [2.05, 4.69) is 5.92 Å². The molecule has 1 heterocycles. The molecule has 0 aromatic heterocycles. The summed E-state index contributed by atoms with van der Waals surface area (Å²) in [6.07, 6.45) is 9.34. The SMILES string of the molecule is C#C[C@H]1O[C@@H]1/C=C/c1ccccc1. The van der Waals surface area contributed by atoms with E-state index < -0.39 is 0 Å². The number of hydrogen-bond donors (Lipinski definition) is 0. The van der Waals surface area contributed by atoms with Crippen molar-refractivity contribution in [2.75, 3.05) is 0 Å². The van der Waals surface area contributed by atoms with Crippen LogP contribution in [0.4, 0.5) is 0 Å². The Hall–Kier alpha value is -1.52. The fourth-order valence-electron chi connectivity index (χ4n) is 1.17. The smallest absolute Gasteiger partial charge is 0.148 e. The van der Waals surface area contributed by atoms with Crippen molar-refractivity contribution in [1.29, 1.82) is 0 Å². The molecule has 1 aromatic rings. The molecule has 0 aliphatic carbocycles. The Kier molecular flexibility index (Phi) is 2.16. The lowest BCUT2D eigenvalue weighted by atomic mass is 10.2. The standard InChI is InChI=1S/C12H10O/c1-2-11-12(13-11)9-8-10-6-4-3-5-7-10/h1,3-9,11-12H/b9-8+/t11-,12-/m1/s1. The van der Waals surface area contributed by atoms with Crippen LogP contribution in [-0.4, -0.2) is 12.2 Å². The second-order valence-electron chi connectivity index (χ2n) is 2.96. The molecule has 2 atom stereocenters. The van der Waals surface area contributed by atoms with E-state index in [-0.39, 0.29) is 12.2 Å². The second kappa shape index (κ2) is 3.47. The van der Waals surface area contributed by atoms with Crippen LogP contribution < -0.4 is 0 Å². The lowest BCUT2D eigenvalue weighted by molar-refractivity contribution is 0.418.